The molecule has 0 bridgehead atoms. The summed E-state index contributed by atoms with van der Waals surface area (Å²) in [7, 11) is 1.62. The topological polar surface area (TPSA) is 61.4 Å². The van der Waals surface area contributed by atoms with Crippen molar-refractivity contribution in [2.24, 2.45) is 5.92 Å². The smallest absolute Gasteiger partial charge is 0.251 e. The summed E-state index contributed by atoms with van der Waals surface area (Å²) in [6, 6.07) is 7.43. The van der Waals surface area contributed by atoms with Crippen molar-refractivity contribution in [3.05, 3.63) is 35.4 Å². The van der Waals surface area contributed by atoms with Crippen LogP contribution in [0.25, 0.3) is 0 Å². The van der Waals surface area contributed by atoms with Gasteiger partial charge in [-0.25, -0.2) is 0 Å². The maximum Gasteiger partial charge on any atom is 0.251 e. The molecule has 0 radical (unpaired) electrons. The van der Waals surface area contributed by atoms with Gasteiger partial charge in [-0.3, -0.25) is 4.79 Å². The molecule has 0 aliphatic carbocycles. The number of rotatable bonds is 6. The number of aliphatic hydroxyl groups is 1. The molecule has 0 aromatic heterocycles. The van der Waals surface area contributed by atoms with Gasteiger partial charge >= 0.3 is 0 Å². The zero-order valence-corrected chi connectivity index (χ0v) is 11.2. The summed E-state index contributed by atoms with van der Waals surface area (Å²) in [5.74, 6) is 0.179. The molecular formula is C14H22N2O2. The third-order valence-electron chi connectivity index (χ3n) is 2.90. The van der Waals surface area contributed by atoms with Gasteiger partial charge in [0.1, 0.15) is 0 Å². The SMILES string of the molecule is CNC(=O)c1ccc(CNCC(O)C(C)C)cc1. The van der Waals surface area contributed by atoms with Crippen LogP contribution in [0.15, 0.2) is 24.3 Å². The molecule has 1 amide bonds. The van der Waals surface area contributed by atoms with Gasteiger partial charge in [0.25, 0.3) is 5.91 Å². The van der Waals surface area contributed by atoms with Gasteiger partial charge in [-0.15, -0.1) is 0 Å². The van der Waals surface area contributed by atoms with Crippen LogP contribution in [0.5, 0.6) is 0 Å². The van der Waals surface area contributed by atoms with E-state index in [0.717, 1.165) is 5.56 Å². The van der Waals surface area contributed by atoms with Crippen LogP contribution in [0.1, 0.15) is 29.8 Å². The summed E-state index contributed by atoms with van der Waals surface area (Å²) in [5, 5.41) is 15.4. The van der Waals surface area contributed by atoms with E-state index in [0.29, 0.717) is 18.7 Å². The number of benzene rings is 1. The van der Waals surface area contributed by atoms with E-state index < -0.39 is 0 Å². The quantitative estimate of drug-likeness (QED) is 0.710. The van der Waals surface area contributed by atoms with Gasteiger partial charge in [0, 0.05) is 25.7 Å². The lowest BCUT2D eigenvalue weighted by molar-refractivity contribution is 0.0963. The van der Waals surface area contributed by atoms with Crippen LogP contribution in [0.4, 0.5) is 0 Å². The lowest BCUT2D eigenvalue weighted by Crippen LogP contribution is -2.30. The molecular weight excluding hydrogens is 228 g/mol. The average Bonchev–Trinajstić information content (AvgIpc) is 2.38. The molecule has 3 N–H and O–H groups in total. The molecule has 4 nitrogen and oxygen atoms in total. The minimum Gasteiger partial charge on any atom is -0.392 e. The van der Waals surface area contributed by atoms with Crippen molar-refractivity contribution in [2.75, 3.05) is 13.6 Å². The summed E-state index contributed by atoms with van der Waals surface area (Å²) in [5.41, 5.74) is 1.75. The molecule has 0 fully saturated rings. The number of nitrogens with one attached hydrogen (secondary N) is 2. The van der Waals surface area contributed by atoms with E-state index in [1.807, 2.05) is 26.0 Å². The van der Waals surface area contributed by atoms with Crippen molar-refractivity contribution in [2.45, 2.75) is 26.5 Å². The van der Waals surface area contributed by atoms with Crippen molar-refractivity contribution in [1.29, 1.82) is 0 Å². The summed E-state index contributed by atoms with van der Waals surface area (Å²) in [4.78, 5) is 11.3. The van der Waals surface area contributed by atoms with Crippen LogP contribution in [-0.2, 0) is 6.54 Å². The molecule has 100 valence electrons. The van der Waals surface area contributed by atoms with Crippen molar-refractivity contribution in [3.63, 3.8) is 0 Å². The summed E-state index contributed by atoms with van der Waals surface area (Å²) in [6.45, 7) is 5.25. The fourth-order valence-corrected chi connectivity index (χ4v) is 1.52. The third-order valence-corrected chi connectivity index (χ3v) is 2.90. The monoisotopic (exact) mass is 250 g/mol. The number of carbonyl (C=O) groups excluding carboxylic acids is 1. The lowest BCUT2D eigenvalue weighted by Gasteiger charge is -2.15. The molecule has 0 aliphatic heterocycles. The summed E-state index contributed by atoms with van der Waals surface area (Å²) < 4.78 is 0. The summed E-state index contributed by atoms with van der Waals surface area (Å²) >= 11 is 0. The minimum absolute atomic E-state index is 0.0789. The van der Waals surface area contributed by atoms with Crippen molar-refractivity contribution in [3.8, 4) is 0 Å². The standard InChI is InChI=1S/C14H22N2O2/c1-10(2)13(17)9-16-8-11-4-6-12(7-5-11)14(18)15-3/h4-7,10,13,16-17H,8-9H2,1-3H3,(H,15,18). The fraction of sp³-hybridized carbons (Fsp3) is 0.500. The second-order valence-corrected chi connectivity index (χ2v) is 4.72. The molecule has 1 aromatic rings. The molecule has 0 saturated carbocycles. The molecule has 1 unspecified atom stereocenters. The zero-order valence-electron chi connectivity index (χ0n) is 11.2. The number of carbonyl (C=O) groups is 1. The second-order valence-electron chi connectivity index (χ2n) is 4.72. The van der Waals surface area contributed by atoms with Gasteiger partial charge in [0.2, 0.25) is 0 Å². The zero-order chi connectivity index (χ0) is 13.5. The highest BCUT2D eigenvalue weighted by molar-refractivity contribution is 5.93. The van der Waals surface area contributed by atoms with E-state index in [1.165, 1.54) is 0 Å². The Morgan fingerprint density at radius 2 is 1.89 bits per heavy atom. The predicted octanol–water partition coefficient (Wildman–Crippen LogP) is 1.15. The molecule has 0 spiro atoms. The highest BCUT2D eigenvalue weighted by atomic mass is 16.3. The normalized spacial score (nSPS) is 12.5. The summed E-state index contributed by atoms with van der Waals surface area (Å²) in [6.07, 6.45) is -0.324. The predicted molar refractivity (Wildman–Crippen MR) is 72.4 cm³/mol. The number of hydrogen-bond donors (Lipinski definition) is 3. The molecule has 1 atom stereocenters. The highest BCUT2D eigenvalue weighted by Crippen LogP contribution is 2.05. The van der Waals surface area contributed by atoms with Crippen LogP contribution >= 0.6 is 0 Å². The number of aliphatic hydroxyl groups excluding tert-OH is 1. The molecule has 0 aliphatic rings. The maximum atomic E-state index is 11.3. The fourth-order valence-electron chi connectivity index (χ4n) is 1.52. The first kappa shape index (κ1) is 14.7. The van der Waals surface area contributed by atoms with Gasteiger partial charge < -0.3 is 15.7 Å². The maximum absolute atomic E-state index is 11.3. The van der Waals surface area contributed by atoms with Gasteiger partial charge in [-0.05, 0) is 23.6 Å². The largest absolute Gasteiger partial charge is 0.392 e. The second kappa shape index (κ2) is 7.13. The molecule has 0 saturated heterocycles. The van der Waals surface area contributed by atoms with Crippen molar-refractivity contribution < 1.29 is 9.90 Å². The van der Waals surface area contributed by atoms with E-state index >= 15 is 0 Å². The first-order chi connectivity index (χ1) is 8.54. The number of amides is 1. The Morgan fingerprint density at radius 1 is 1.28 bits per heavy atom. The number of hydrogen-bond acceptors (Lipinski definition) is 3. The Bertz CT molecular complexity index is 374. The Morgan fingerprint density at radius 3 is 2.39 bits per heavy atom. The average molecular weight is 250 g/mol. The first-order valence-corrected chi connectivity index (χ1v) is 6.24. The van der Waals surface area contributed by atoms with E-state index in [4.69, 9.17) is 0 Å². The lowest BCUT2D eigenvalue weighted by atomic mass is 10.1. The van der Waals surface area contributed by atoms with Crippen LogP contribution in [0, 0.1) is 5.92 Å². The molecule has 4 heteroatoms. The van der Waals surface area contributed by atoms with E-state index in [1.54, 1.807) is 19.2 Å². The molecule has 1 rings (SSSR count). The van der Waals surface area contributed by atoms with E-state index in [2.05, 4.69) is 10.6 Å². The first-order valence-electron chi connectivity index (χ1n) is 6.24. The Balaban J connectivity index is 2.42. The van der Waals surface area contributed by atoms with Crippen molar-refractivity contribution >= 4 is 5.91 Å². The molecule has 18 heavy (non-hydrogen) atoms. The van der Waals surface area contributed by atoms with Crippen LogP contribution < -0.4 is 10.6 Å². The van der Waals surface area contributed by atoms with Gasteiger partial charge in [0.05, 0.1) is 6.10 Å². The van der Waals surface area contributed by atoms with Crippen LogP contribution in [0.2, 0.25) is 0 Å². The Kier molecular flexibility index (Phi) is 5.82. The third kappa shape index (κ3) is 4.47. The van der Waals surface area contributed by atoms with E-state index in [9.17, 15) is 9.90 Å². The minimum atomic E-state index is -0.324. The van der Waals surface area contributed by atoms with Gasteiger partial charge in [-0.2, -0.15) is 0 Å². The van der Waals surface area contributed by atoms with Gasteiger partial charge in [0.15, 0.2) is 0 Å². The van der Waals surface area contributed by atoms with Crippen LogP contribution in [0.3, 0.4) is 0 Å². The Hall–Kier alpha value is -1.39. The molecule has 0 heterocycles. The van der Waals surface area contributed by atoms with Crippen LogP contribution in [-0.4, -0.2) is 30.7 Å². The van der Waals surface area contributed by atoms with Crippen molar-refractivity contribution in [1.82, 2.24) is 10.6 Å². The molecule has 1 aromatic carbocycles. The Labute approximate surface area is 108 Å². The van der Waals surface area contributed by atoms with E-state index in [-0.39, 0.29) is 17.9 Å². The van der Waals surface area contributed by atoms with Gasteiger partial charge in [-0.1, -0.05) is 26.0 Å². The highest BCUT2D eigenvalue weighted by Gasteiger charge is 2.08.